The van der Waals surface area contributed by atoms with Gasteiger partial charge in [0.1, 0.15) is 0 Å². The molecular weight excluding hydrogens is 260 g/mol. The summed E-state index contributed by atoms with van der Waals surface area (Å²) >= 11 is 0. The molecule has 0 amide bonds. The van der Waals surface area contributed by atoms with E-state index in [0.717, 1.165) is 32.6 Å². The molecule has 112 valence electrons. The maximum atomic E-state index is 13.2. The van der Waals surface area contributed by atoms with Gasteiger partial charge in [0.05, 0.1) is 0 Å². The number of halogens is 2. The Labute approximate surface area is 119 Å². The second-order valence-electron chi connectivity index (χ2n) is 5.23. The van der Waals surface area contributed by atoms with Crippen molar-refractivity contribution in [3.05, 3.63) is 23.8 Å². The number of anilines is 2. The number of alkyl halides is 2. The van der Waals surface area contributed by atoms with Crippen LogP contribution in [0.15, 0.2) is 18.2 Å². The number of nitrogens with zero attached hydrogens (tertiary/aromatic N) is 2. The van der Waals surface area contributed by atoms with E-state index in [-0.39, 0.29) is 5.56 Å². The SMILES string of the molecule is CCN(CC)C1CCN(c2ccc(N)cc2C(F)F)C1. The molecule has 1 saturated heterocycles. The van der Waals surface area contributed by atoms with Crippen molar-refractivity contribution in [1.29, 1.82) is 0 Å². The lowest BCUT2D eigenvalue weighted by Crippen LogP contribution is -2.37. The number of nitrogen functional groups attached to an aromatic ring is 1. The molecule has 0 spiro atoms. The first-order valence-corrected chi connectivity index (χ1v) is 7.23. The van der Waals surface area contributed by atoms with Gasteiger partial charge in [0.2, 0.25) is 0 Å². The Kier molecular flexibility index (Phi) is 4.81. The van der Waals surface area contributed by atoms with Gasteiger partial charge in [0.15, 0.2) is 0 Å². The summed E-state index contributed by atoms with van der Waals surface area (Å²) < 4.78 is 26.3. The molecule has 20 heavy (non-hydrogen) atoms. The molecule has 0 saturated carbocycles. The lowest BCUT2D eigenvalue weighted by atomic mass is 10.1. The number of benzene rings is 1. The molecule has 1 atom stereocenters. The summed E-state index contributed by atoms with van der Waals surface area (Å²) in [5, 5.41) is 0. The van der Waals surface area contributed by atoms with Crippen LogP contribution < -0.4 is 10.6 Å². The van der Waals surface area contributed by atoms with Gasteiger partial charge < -0.3 is 10.6 Å². The van der Waals surface area contributed by atoms with Gasteiger partial charge in [0.25, 0.3) is 6.43 Å². The second-order valence-corrected chi connectivity index (χ2v) is 5.23. The van der Waals surface area contributed by atoms with Crippen LogP contribution in [0.1, 0.15) is 32.3 Å². The molecule has 1 heterocycles. The van der Waals surface area contributed by atoms with Crippen LogP contribution in [-0.2, 0) is 0 Å². The molecule has 1 aliphatic heterocycles. The summed E-state index contributed by atoms with van der Waals surface area (Å²) in [7, 11) is 0. The fourth-order valence-corrected chi connectivity index (χ4v) is 3.03. The van der Waals surface area contributed by atoms with Crippen LogP contribution in [0.25, 0.3) is 0 Å². The highest BCUT2D eigenvalue weighted by atomic mass is 19.3. The molecule has 1 aromatic carbocycles. The molecule has 1 fully saturated rings. The van der Waals surface area contributed by atoms with E-state index in [1.807, 2.05) is 0 Å². The largest absolute Gasteiger partial charge is 0.399 e. The average Bonchev–Trinajstić information content (AvgIpc) is 2.89. The molecule has 1 aliphatic rings. The van der Waals surface area contributed by atoms with E-state index >= 15 is 0 Å². The first kappa shape index (κ1) is 15.0. The van der Waals surface area contributed by atoms with Crippen molar-refractivity contribution in [3.8, 4) is 0 Å². The maximum absolute atomic E-state index is 13.2. The molecule has 0 bridgehead atoms. The van der Waals surface area contributed by atoms with Crippen LogP contribution in [0.5, 0.6) is 0 Å². The third kappa shape index (κ3) is 3.03. The number of hydrogen-bond acceptors (Lipinski definition) is 3. The standard InChI is InChI=1S/C15H23F2N3/c1-3-19(4-2)12-7-8-20(10-12)14-6-5-11(18)9-13(14)15(16)17/h5-6,9,12,15H,3-4,7-8,10,18H2,1-2H3. The second kappa shape index (κ2) is 6.39. The van der Waals surface area contributed by atoms with Gasteiger partial charge in [0, 0.05) is 36.1 Å². The quantitative estimate of drug-likeness (QED) is 0.843. The third-order valence-electron chi connectivity index (χ3n) is 4.12. The highest BCUT2D eigenvalue weighted by molar-refractivity contribution is 5.60. The van der Waals surface area contributed by atoms with Gasteiger partial charge in [-0.3, -0.25) is 4.90 Å². The van der Waals surface area contributed by atoms with Crippen molar-refractivity contribution in [3.63, 3.8) is 0 Å². The van der Waals surface area contributed by atoms with Crippen LogP contribution in [0.3, 0.4) is 0 Å². The number of nitrogens with two attached hydrogens (primary N) is 1. The minimum atomic E-state index is -2.49. The Hall–Kier alpha value is -1.36. The van der Waals surface area contributed by atoms with E-state index in [2.05, 4.69) is 23.6 Å². The Morgan fingerprint density at radius 1 is 1.35 bits per heavy atom. The average molecular weight is 283 g/mol. The topological polar surface area (TPSA) is 32.5 Å². The van der Waals surface area contributed by atoms with E-state index < -0.39 is 6.43 Å². The lowest BCUT2D eigenvalue weighted by Gasteiger charge is -2.27. The smallest absolute Gasteiger partial charge is 0.265 e. The lowest BCUT2D eigenvalue weighted by molar-refractivity contribution is 0.152. The normalized spacial score (nSPS) is 19.3. The Morgan fingerprint density at radius 3 is 2.65 bits per heavy atom. The number of hydrogen-bond donors (Lipinski definition) is 1. The van der Waals surface area contributed by atoms with E-state index in [1.165, 1.54) is 6.07 Å². The minimum absolute atomic E-state index is 0.0465. The molecule has 0 aliphatic carbocycles. The van der Waals surface area contributed by atoms with Crippen LogP contribution in [0.4, 0.5) is 20.2 Å². The van der Waals surface area contributed by atoms with Crippen LogP contribution in [0.2, 0.25) is 0 Å². The van der Waals surface area contributed by atoms with Gasteiger partial charge in [-0.1, -0.05) is 13.8 Å². The fraction of sp³-hybridized carbons (Fsp3) is 0.600. The summed E-state index contributed by atoms with van der Waals surface area (Å²) in [5.74, 6) is 0. The molecule has 2 rings (SSSR count). The highest BCUT2D eigenvalue weighted by Crippen LogP contribution is 2.34. The monoisotopic (exact) mass is 283 g/mol. The molecule has 5 heteroatoms. The fourth-order valence-electron chi connectivity index (χ4n) is 3.03. The highest BCUT2D eigenvalue weighted by Gasteiger charge is 2.28. The molecule has 0 radical (unpaired) electrons. The van der Waals surface area contributed by atoms with Crippen molar-refractivity contribution in [2.45, 2.75) is 32.7 Å². The van der Waals surface area contributed by atoms with Gasteiger partial charge in [-0.05, 0) is 37.7 Å². The minimum Gasteiger partial charge on any atom is -0.399 e. The predicted octanol–water partition coefficient (Wildman–Crippen LogP) is 3.13. The zero-order valence-electron chi connectivity index (χ0n) is 12.1. The van der Waals surface area contributed by atoms with Gasteiger partial charge in [-0.2, -0.15) is 0 Å². The number of rotatable bonds is 5. The summed E-state index contributed by atoms with van der Waals surface area (Å²) in [6, 6.07) is 5.27. The Balaban J connectivity index is 2.18. The summed E-state index contributed by atoms with van der Waals surface area (Å²) in [6.07, 6.45) is -1.46. The Bertz CT molecular complexity index is 447. The maximum Gasteiger partial charge on any atom is 0.265 e. The van der Waals surface area contributed by atoms with E-state index in [4.69, 9.17) is 5.73 Å². The summed E-state index contributed by atoms with van der Waals surface area (Å²) in [4.78, 5) is 4.45. The van der Waals surface area contributed by atoms with Crippen LogP contribution in [-0.4, -0.2) is 37.1 Å². The van der Waals surface area contributed by atoms with Gasteiger partial charge >= 0.3 is 0 Å². The molecule has 1 aromatic rings. The van der Waals surface area contributed by atoms with E-state index in [9.17, 15) is 8.78 Å². The van der Waals surface area contributed by atoms with E-state index in [0.29, 0.717) is 17.4 Å². The molecule has 1 unspecified atom stereocenters. The molecular formula is C15H23F2N3. The zero-order chi connectivity index (χ0) is 14.7. The van der Waals surface area contributed by atoms with Crippen molar-refractivity contribution in [1.82, 2.24) is 4.90 Å². The van der Waals surface area contributed by atoms with Crippen molar-refractivity contribution in [2.24, 2.45) is 0 Å². The molecule has 2 N–H and O–H groups in total. The molecule has 3 nitrogen and oxygen atoms in total. The predicted molar refractivity (Wildman–Crippen MR) is 79.4 cm³/mol. The van der Waals surface area contributed by atoms with Crippen LogP contribution >= 0.6 is 0 Å². The summed E-state index contributed by atoms with van der Waals surface area (Å²) in [6.45, 7) is 7.91. The first-order valence-electron chi connectivity index (χ1n) is 7.23. The van der Waals surface area contributed by atoms with Gasteiger partial charge in [-0.15, -0.1) is 0 Å². The Morgan fingerprint density at radius 2 is 2.05 bits per heavy atom. The van der Waals surface area contributed by atoms with Gasteiger partial charge in [-0.25, -0.2) is 8.78 Å². The number of likely N-dealkylation sites (N-methyl/N-ethyl adjacent to an activating group) is 1. The third-order valence-corrected chi connectivity index (χ3v) is 4.12. The van der Waals surface area contributed by atoms with Crippen molar-refractivity contribution >= 4 is 11.4 Å². The van der Waals surface area contributed by atoms with E-state index in [1.54, 1.807) is 12.1 Å². The first-order chi connectivity index (χ1) is 9.56. The van der Waals surface area contributed by atoms with Crippen LogP contribution in [0, 0.1) is 0 Å². The zero-order valence-corrected chi connectivity index (χ0v) is 12.1. The molecule has 0 aromatic heterocycles. The van der Waals surface area contributed by atoms with Crippen molar-refractivity contribution in [2.75, 3.05) is 36.8 Å². The summed E-state index contributed by atoms with van der Waals surface area (Å²) in [5.41, 5.74) is 6.69. The van der Waals surface area contributed by atoms with Crippen molar-refractivity contribution < 1.29 is 8.78 Å².